The summed E-state index contributed by atoms with van der Waals surface area (Å²) in [7, 11) is 0. The summed E-state index contributed by atoms with van der Waals surface area (Å²) in [5.41, 5.74) is 2.47. The molecule has 3 nitrogen and oxygen atoms in total. The van der Waals surface area contributed by atoms with Crippen LogP contribution in [0, 0.1) is 6.92 Å². The number of aryl methyl sites for hydroxylation is 1. The van der Waals surface area contributed by atoms with E-state index in [2.05, 4.69) is 60.3 Å². The molecule has 0 radical (unpaired) electrons. The van der Waals surface area contributed by atoms with E-state index in [-0.39, 0.29) is 0 Å². The van der Waals surface area contributed by atoms with Crippen LogP contribution in [0.25, 0.3) is 0 Å². The number of imidazole rings is 1. The molecule has 0 aliphatic carbocycles. The van der Waals surface area contributed by atoms with Crippen LogP contribution in [-0.2, 0) is 12.3 Å². The highest BCUT2D eigenvalue weighted by Gasteiger charge is 2.03. The van der Waals surface area contributed by atoms with Gasteiger partial charge in [-0.2, -0.15) is 0 Å². The smallest absolute Gasteiger partial charge is 0.116 e. The van der Waals surface area contributed by atoms with E-state index in [0.717, 1.165) is 23.8 Å². The van der Waals surface area contributed by atoms with Crippen LogP contribution in [0.3, 0.4) is 0 Å². The lowest BCUT2D eigenvalue weighted by Crippen LogP contribution is -2.21. The number of nitrogens with one attached hydrogen (secondary N) is 2. The highest BCUT2D eigenvalue weighted by Crippen LogP contribution is 2.24. The maximum Gasteiger partial charge on any atom is 0.116 e. The van der Waals surface area contributed by atoms with Gasteiger partial charge in [0.25, 0.3) is 0 Å². The van der Waals surface area contributed by atoms with Crippen LogP contribution in [0.5, 0.6) is 0 Å². The molecular formula is C15H21N3S. The molecule has 0 aliphatic heterocycles. The molecule has 0 saturated carbocycles. The largest absolute Gasteiger partial charge is 0.344 e. The van der Waals surface area contributed by atoms with Gasteiger partial charge in [0.05, 0.1) is 5.75 Å². The maximum atomic E-state index is 4.42. The fourth-order valence-corrected chi connectivity index (χ4v) is 2.66. The van der Waals surface area contributed by atoms with Crippen molar-refractivity contribution >= 4 is 11.8 Å². The van der Waals surface area contributed by atoms with Gasteiger partial charge in [-0.15, -0.1) is 11.8 Å². The normalized spacial score (nSPS) is 11.2. The highest BCUT2D eigenvalue weighted by molar-refractivity contribution is 7.98. The number of hydrogen-bond donors (Lipinski definition) is 2. The Kier molecular flexibility index (Phi) is 5.05. The summed E-state index contributed by atoms with van der Waals surface area (Å²) in [5.74, 6) is 1.92. The van der Waals surface area contributed by atoms with E-state index in [4.69, 9.17) is 0 Å². The van der Waals surface area contributed by atoms with Crippen molar-refractivity contribution in [3.05, 3.63) is 47.5 Å². The van der Waals surface area contributed by atoms with Crippen LogP contribution >= 0.6 is 11.8 Å². The van der Waals surface area contributed by atoms with E-state index < -0.39 is 0 Å². The molecule has 0 bridgehead atoms. The first-order chi connectivity index (χ1) is 9.15. The topological polar surface area (TPSA) is 40.7 Å². The summed E-state index contributed by atoms with van der Waals surface area (Å²) in [6.45, 7) is 7.28. The van der Waals surface area contributed by atoms with Gasteiger partial charge >= 0.3 is 0 Å². The zero-order valence-corrected chi connectivity index (χ0v) is 12.6. The molecule has 0 unspecified atom stereocenters. The number of nitrogens with zero attached hydrogens (tertiary/aromatic N) is 1. The van der Waals surface area contributed by atoms with E-state index in [1.54, 1.807) is 0 Å². The van der Waals surface area contributed by atoms with Gasteiger partial charge in [0, 0.05) is 29.4 Å². The van der Waals surface area contributed by atoms with Gasteiger partial charge in [-0.05, 0) is 18.6 Å². The Labute approximate surface area is 119 Å². The van der Waals surface area contributed by atoms with Crippen molar-refractivity contribution in [1.29, 1.82) is 0 Å². The lowest BCUT2D eigenvalue weighted by molar-refractivity contribution is 0.582. The fraction of sp³-hybridized carbons (Fsp3) is 0.400. The molecule has 0 amide bonds. The van der Waals surface area contributed by atoms with E-state index in [1.807, 2.05) is 18.0 Å². The average Bonchev–Trinajstić information content (AvgIpc) is 2.83. The standard InChI is InChI=1S/C15H21N3S/c1-11(2)16-8-13-9-17-15(18-13)10-19-14-7-5-4-6-12(14)3/h4-7,9,11,16H,8,10H2,1-3H3,(H,17,18). The Bertz CT molecular complexity index is 520. The second-order valence-electron chi connectivity index (χ2n) is 4.94. The first-order valence-electron chi connectivity index (χ1n) is 6.59. The van der Waals surface area contributed by atoms with Crippen LogP contribution < -0.4 is 5.32 Å². The zero-order valence-electron chi connectivity index (χ0n) is 11.7. The molecule has 2 aromatic rings. The Hall–Kier alpha value is -1.26. The molecule has 0 fully saturated rings. The first-order valence-corrected chi connectivity index (χ1v) is 7.58. The molecule has 0 spiro atoms. The second kappa shape index (κ2) is 6.78. The molecular weight excluding hydrogens is 254 g/mol. The van der Waals surface area contributed by atoms with Crippen LogP contribution in [0.1, 0.15) is 30.9 Å². The van der Waals surface area contributed by atoms with Crippen LogP contribution in [0.15, 0.2) is 35.4 Å². The van der Waals surface area contributed by atoms with Gasteiger partial charge < -0.3 is 10.3 Å². The minimum Gasteiger partial charge on any atom is -0.344 e. The number of aromatic amines is 1. The lowest BCUT2D eigenvalue weighted by Gasteiger charge is -2.05. The van der Waals surface area contributed by atoms with Crippen molar-refractivity contribution in [2.45, 2.75) is 44.0 Å². The average molecular weight is 275 g/mol. The molecule has 1 heterocycles. The van der Waals surface area contributed by atoms with Gasteiger partial charge in [-0.3, -0.25) is 0 Å². The molecule has 4 heteroatoms. The number of thioether (sulfide) groups is 1. The highest BCUT2D eigenvalue weighted by atomic mass is 32.2. The van der Waals surface area contributed by atoms with E-state index in [0.29, 0.717) is 6.04 Å². The van der Waals surface area contributed by atoms with Crippen molar-refractivity contribution in [2.75, 3.05) is 0 Å². The Morgan fingerprint density at radius 2 is 2.11 bits per heavy atom. The number of hydrogen-bond acceptors (Lipinski definition) is 3. The van der Waals surface area contributed by atoms with E-state index >= 15 is 0 Å². The lowest BCUT2D eigenvalue weighted by atomic mass is 10.2. The summed E-state index contributed by atoms with van der Waals surface area (Å²) in [5, 5.41) is 3.38. The maximum absolute atomic E-state index is 4.42. The predicted molar refractivity (Wildman–Crippen MR) is 81.3 cm³/mol. The zero-order chi connectivity index (χ0) is 13.7. The molecule has 0 aliphatic rings. The summed E-state index contributed by atoms with van der Waals surface area (Å²) < 4.78 is 0. The third-order valence-corrected chi connectivity index (χ3v) is 4.03. The van der Waals surface area contributed by atoms with E-state index in [1.165, 1.54) is 10.5 Å². The van der Waals surface area contributed by atoms with Gasteiger partial charge in [0.1, 0.15) is 5.82 Å². The summed E-state index contributed by atoms with van der Waals surface area (Å²) in [6.07, 6.45) is 1.92. The first kappa shape index (κ1) is 14.2. The molecule has 1 aromatic heterocycles. The van der Waals surface area contributed by atoms with Crippen LogP contribution in [0.2, 0.25) is 0 Å². The fourth-order valence-electron chi connectivity index (χ4n) is 1.75. The molecule has 102 valence electrons. The van der Waals surface area contributed by atoms with Crippen molar-refractivity contribution in [1.82, 2.24) is 15.3 Å². The molecule has 2 rings (SSSR count). The van der Waals surface area contributed by atoms with Crippen molar-refractivity contribution in [2.24, 2.45) is 0 Å². The minimum absolute atomic E-state index is 0.494. The predicted octanol–water partition coefficient (Wildman–Crippen LogP) is 3.51. The number of aromatic nitrogens is 2. The van der Waals surface area contributed by atoms with Crippen LogP contribution in [-0.4, -0.2) is 16.0 Å². The number of H-pyrrole nitrogens is 1. The molecule has 1 aromatic carbocycles. The second-order valence-corrected chi connectivity index (χ2v) is 5.96. The molecule has 19 heavy (non-hydrogen) atoms. The summed E-state index contributed by atoms with van der Waals surface area (Å²) in [6, 6.07) is 8.94. The number of rotatable bonds is 6. The quantitative estimate of drug-likeness (QED) is 0.793. The van der Waals surface area contributed by atoms with Crippen molar-refractivity contribution < 1.29 is 0 Å². The third-order valence-electron chi connectivity index (χ3n) is 2.84. The molecule has 0 saturated heterocycles. The Morgan fingerprint density at radius 1 is 1.32 bits per heavy atom. The molecule has 2 N–H and O–H groups in total. The minimum atomic E-state index is 0.494. The van der Waals surface area contributed by atoms with Gasteiger partial charge in [-0.1, -0.05) is 32.0 Å². The molecule has 0 atom stereocenters. The summed E-state index contributed by atoms with van der Waals surface area (Å²) in [4.78, 5) is 9.11. The van der Waals surface area contributed by atoms with Gasteiger partial charge in [-0.25, -0.2) is 4.98 Å². The van der Waals surface area contributed by atoms with E-state index in [9.17, 15) is 0 Å². The Balaban J connectivity index is 1.88. The third kappa shape index (κ3) is 4.40. The van der Waals surface area contributed by atoms with Gasteiger partial charge in [0.15, 0.2) is 0 Å². The van der Waals surface area contributed by atoms with Crippen molar-refractivity contribution in [3.8, 4) is 0 Å². The monoisotopic (exact) mass is 275 g/mol. The van der Waals surface area contributed by atoms with Gasteiger partial charge in [0.2, 0.25) is 0 Å². The van der Waals surface area contributed by atoms with Crippen LogP contribution in [0.4, 0.5) is 0 Å². The summed E-state index contributed by atoms with van der Waals surface area (Å²) >= 11 is 1.82. The van der Waals surface area contributed by atoms with Crippen molar-refractivity contribution in [3.63, 3.8) is 0 Å². The number of benzene rings is 1. The Morgan fingerprint density at radius 3 is 2.84 bits per heavy atom. The SMILES string of the molecule is Cc1ccccc1SCc1ncc(CNC(C)C)[nH]1.